The van der Waals surface area contributed by atoms with Crippen LogP contribution in [0.1, 0.15) is 22.5 Å². The molecule has 0 spiro atoms. The maximum absolute atomic E-state index is 13.1. The molecule has 0 saturated carbocycles. The van der Waals surface area contributed by atoms with Gasteiger partial charge in [-0.3, -0.25) is 24.6 Å². The molecule has 0 bridgehead atoms. The molecule has 3 aromatic carbocycles. The van der Waals surface area contributed by atoms with Gasteiger partial charge in [-0.2, -0.15) is 5.10 Å². The summed E-state index contributed by atoms with van der Waals surface area (Å²) >= 11 is 0. The van der Waals surface area contributed by atoms with Crippen molar-refractivity contribution in [2.24, 2.45) is 0 Å². The first-order chi connectivity index (χ1) is 18.0. The standard InChI is InChI=1S/C28H23FN6O2/c29-22-9-11-23(12-10-22)32-26(36)14-13-24-18-35(25-7-2-1-3-8-25)28(33-24)34-27(37)20-6-4-5-19(15-20)21-16-30-31-17-21/h1-12,15-18H,13-14H2,(H,30,31)(H,32,36)(H,33,34,37). The summed E-state index contributed by atoms with van der Waals surface area (Å²) in [5.74, 6) is -0.553. The molecule has 2 aromatic heterocycles. The summed E-state index contributed by atoms with van der Waals surface area (Å²) in [6, 6.07) is 22.3. The fourth-order valence-corrected chi connectivity index (χ4v) is 3.84. The van der Waals surface area contributed by atoms with Gasteiger partial charge in [0.2, 0.25) is 11.9 Å². The lowest BCUT2D eigenvalue weighted by molar-refractivity contribution is -0.116. The van der Waals surface area contributed by atoms with E-state index in [1.165, 1.54) is 24.3 Å². The Morgan fingerprint density at radius 3 is 2.49 bits per heavy atom. The van der Waals surface area contributed by atoms with Gasteiger partial charge in [0.15, 0.2) is 0 Å². The average Bonchev–Trinajstić information content (AvgIpc) is 3.60. The van der Waals surface area contributed by atoms with Gasteiger partial charge in [0.25, 0.3) is 5.91 Å². The van der Waals surface area contributed by atoms with Crippen molar-refractivity contribution < 1.29 is 14.0 Å². The number of aryl methyl sites for hydroxylation is 1. The summed E-state index contributed by atoms with van der Waals surface area (Å²) in [7, 11) is 0. The number of anilines is 2. The van der Waals surface area contributed by atoms with Crippen LogP contribution in [0.15, 0.2) is 97.5 Å². The zero-order valence-electron chi connectivity index (χ0n) is 19.7. The summed E-state index contributed by atoms with van der Waals surface area (Å²) in [4.78, 5) is 30.2. The van der Waals surface area contributed by atoms with Gasteiger partial charge >= 0.3 is 0 Å². The molecule has 5 aromatic rings. The molecule has 0 aliphatic heterocycles. The number of H-pyrrole nitrogens is 1. The molecular weight excluding hydrogens is 471 g/mol. The zero-order chi connectivity index (χ0) is 25.6. The van der Waals surface area contributed by atoms with Crippen LogP contribution >= 0.6 is 0 Å². The van der Waals surface area contributed by atoms with E-state index in [0.29, 0.717) is 29.3 Å². The molecule has 0 fully saturated rings. The Bertz CT molecular complexity index is 1510. The molecular formula is C28H23FN6O2. The van der Waals surface area contributed by atoms with Gasteiger partial charge < -0.3 is 5.32 Å². The van der Waals surface area contributed by atoms with Crippen LogP contribution in [0.4, 0.5) is 16.0 Å². The number of aromatic nitrogens is 4. The van der Waals surface area contributed by atoms with Gasteiger partial charge in [0.1, 0.15) is 5.82 Å². The Morgan fingerprint density at radius 1 is 0.919 bits per heavy atom. The second kappa shape index (κ2) is 10.7. The van der Waals surface area contributed by atoms with E-state index in [-0.39, 0.29) is 24.1 Å². The average molecular weight is 495 g/mol. The Morgan fingerprint density at radius 2 is 1.73 bits per heavy atom. The Balaban J connectivity index is 1.33. The lowest BCUT2D eigenvalue weighted by Gasteiger charge is -2.09. The number of hydrogen-bond acceptors (Lipinski definition) is 4. The molecule has 8 nitrogen and oxygen atoms in total. The van der Waals surface area contributed by atoms with Gasteiger partial charge in [-0.25, -0.2) is 9.37 Å². The number of aromatic amines is 1. The molecule has 3 N–H and O–H groups in total. The van der Waals surface area contributed by atoms with Crippen LogP contribution in [-0.4, -0.2) is 31.6 Å². The lowest BCUT2D eigenvalue weighted by atomic mass is 10.1. The highest BCUT2D eigenvalue weighted by molar-refractivity contribution is 6.04. The van der Waals surface area contributed by atoms with Crippen molar-refractivity contribution in [2.75, 3.05) is 10.6 Å². The van der Waals surface area contributed by atoms with E-state index >= 15 is 0 Å². The molecule has 184 valence electrons. The first-order valence-corrected chi connectivity index (χ1v) is 11.6. The highest BCUT2D eigenvalue weighted by atomic mass is 19.1. The van der Waals surface area contributed by atoms with E-state index in [0.717, 1.165) is 16.8 Å². The number of amides is 2. The van der Waals surface area contributed by atoms with Crippen molar-refractivity contribution in [3.63, 3.8) is 0 Å². The van der Waals surface area contributed by atoms with E-state index in [4.69, 9.17) is 0 Å². The largest absolute Gasteiger partial charge is 0.326 e. The number of nitrogens with one attached hydrogen (secondary N) is 3. The zero-order valence-corrected chi connectivity index (χ0v) is 19.7. The predicted molar refractivity (Wildman–Crippen MR) is 139 cm³/mol. The fraction of sp³-hybridized carbons (Fsp3) is 0.0714. The molecule has 0 aliphatic rings. The van der Waals surface area contributed by atoms with E-state index in [9.17, 15) is 14.0 Å². The van der Waals surface area contributed by atoms with Crippen molar-refractivity contribution in [3.8, 4) is 16.8 Å². The van der Waals surface area contributed by atoms with Crippen LogP contribution in [0.2, 0.25) is 0 Å². The topological polar surface area (TPSA) is 105 Å². The van der Waals surface area contributed by atoms with Gasteiger partial charge in [0, 0.05) is 47.7 Å². The maximum Gasteiger partial charge on any atom is 0.258 e. The van der Waals surface area contributed by atoms with E-state index in [1.807, 2.05) is 42.5 Å². The first kappa shape index (κ1) is 23.7. The van der Waals surface area contributed by atoms with Crippen LogP contribution in [0, 0.1) is 5.82 Å². The monoisotopic (exact) mass is 494 g/mol. The highest BCUT2D eigenvalue weighted by Crippen LogP contribution is 2.22. The van der Waals surface area contributed by atoms with E-state index in [2.05, 4.69) is 25.8 Å². The molecule has 9 heteroatoms. The molecule has 0 radical (unpaired) electrons. The molecule has 0 unspecified atom stereocenters. The van der Waals surface area contributed by atoms with Crippen molar-refractivity contribution >= 4 is 23.5 Å². The van der Waals surface area contributed by atoms with Crippen molar-refractivity contribution in [1.82, 2.24) is 19.7 Å². The molecule has 5 rings (SSSR count). The molecule has 0 atom stereocenters. The second-order valence-corrected chi connectivity index (χ2v) is 8.34. The number of rotatable bonds is 8. The third-order valence-corrected chi connectivity index (χ3v) is 5.71. The summed E-state index contributed by atoms with van der Waals surface area (Å²) in [6.07, 6.45) is 5.78. The minimum Gasteiger partial charge on any atom is -0.326 e. The Hall–Kier alpha value is -5.05. The van der Waals surface area contributed by atoms with Gasteiger partial charge in [-0.1, -0.05) is 30.3 Å². The number of halogens is 1. The first-order valence-electron chi connectivity index (χ1n) is 11.6. The van der Waals surface area contributed by atoms with Gasteiger partial charge in [-0.15, -0.1) is 0 Å². The van der Waals surface area contributed by atoms with Crippen LogP contribution < -0.4 is 10.6 Å². The SMILES string of the molecule is O=C(CCc1cn(-c2ccccc2)c(NC(=O)c2cccc(-c3cn[nH]c3)c2)n1)Nc1ccc(F)cc1. The van der Waals surface area contributed by atoms with Crippen molar-refractivity contribution in [1.29, 1.82) is 0 Å². The quantitative estimate of drug-likeness (QED) is 0.275. The Kier molecular flexibility index (Phi) is 6.84. The number of hydrogen-bond donors (Lipinski definition) is 3. The highest BCUT2D eigenvalue weighted by Gasteiger charge is 2.16. The van der Waals surface area contributed by atoms with Crippen LogP contribution in [0.5, 0.6) is 0 Å². The van der Waals surface area contributed by atoms with E-state index < -0.39 is 0 Å². The summed E-state index contributed by atoms with van der Waals surface area (Å²) in [5.41, 5.74) is 4.19. The minimum absolute atomic E-state index is 0.170. The third kappa shape index (κ3) is 5.79. The van der Waals surface area contributed by atoms with Crippen molar-refractivity contribution in [3.05, 3.63) is 115 Å². The number of para-hydroxylation sites is 1. The van der Waals surface area contributed by atoms with Crippen LogP contribution in [0.3, 0.4) is 0 Å². The van der Waals surface area contributed by atoms with Gasteiger partial charge in [0.05, 0.1) is 11.9 Å². The predicted octanol–water partition coefficient (Wildman–Crippen LogP) is 5.23. The normalized spacial score (nSPS) is 10.7. The number of benzene rings is 3. The number of carbonyl (C=O) groups is 2. The third-order valence-electron chi connectivity index (χ3n) is 5.71. The minimum atomic E-state index is -0.368. The fourth-order valence-electron chi connectivity index (χ4n) is 3.84. The van der Waals surface area contributed by atoms with Crippen molar-refractivity contribution in [2.45, 2.75) is 12.8 Å². The van der Waals surface area contributed by atoms with E-state index in [1.54, 1.807) is 35.3 Å². The molecule has 2 amide bonds. The number of imidazole rings is 1. The lowest BCUT2D eigenvalue weighted by Crippen LogP contribution is -2.15. The van der Waals surface area contributed by atoms with Gasteiger partial charge in [-0.05, 0) is 54.1 Å². The number of carbonyl (C=O) groups excluding carboxylic acids is 2. The smallest absolute Gasteiger partial charge is 0.258 e. The molecule has 0 aliphatic carbocycles. The van der Waals surface area contributed by atoms with Crippen LogP contribution in [0.25, 0.3) is 16.8 Å². The summed E-state index contributed by atoms with van der Waals surface area (Å²) in [6.45, 7) is 0. The van der Waals surface area contributed by atoms with Crippen LogP contribution in [-0.2, 0) is 11.2 Å². The molecule has 2 heterocycles. The molecule has 0 saturated heterocycles. The summed E-state index contributed by atoms with van der Waals surface area (Å²) < 4.78 is 14.9. The number of nitrogens with zero attached hydrogens (tertiary/aromatic N) is 3. The Labute approximate surface area is 212 Å². The maximum atomic E-state index is 13.1. The summed E-state index contributed by atoms with van der Waals surface area (Å²) in [5, 5.41) is 12.4. The molecule has 37 heavy (non-hydrogen) atoms. The second-order valence-electron chi connectivity index (χ2n) is 8.34.